The van der Waals surface area contributed by atoms with Crippen LogP contribution in [0.15, 0.2) is 18.2 Å². The van der Waals surface area contributed by atoms with Gasteiger partial charge >= 0.3 is 6.09 Å². The second kappa shape index (κ2) is 9.49. The first-order valence-electron chi connectivity index (χ1n) is 10.0. The van der Waals surface area contributed by atoms with Crippen molar-refractivity contribution in [2.75, 3.05) is 13.6 Å². The van der Waals surface area contributed by atoms with Crippen molar-refractivity contribution < 1.29 is 23.1 Å². The van der Waals surface area contributed by atoms with E-state index in [1.807, 2.05) is 6.92 Å². The van der Waals surface area contributed by atoms with Gasteiger partial charge in [0, 0.05) is 25.7 Å². The van der Waals surface area contributed by atoms with Gasteiger partial charge in [-0.25, -0.2) is 19.0 Å². The molecule has 1 saturated carbocycles. The van der Waals surface area contributed by atoms with Gasteiger partial charge < -0.3 is 15.0 Å². The Hall–Kier alpha value is -2.26. The Balaban J connectivity index is 1.43. The van der Waals surface area contributed by atoms with Crippen LogP contribution in [0.4, 0.5) is 13.6 Å². The molecule has 2 fully saturated rings. The predicted octanol–water partition coefficient (Wildman–Crippen LogP) is 2.07. The molecule has 3 rings (SSSR count). The Morgan fingerprint density at radius 2 is 1.90 bits per heavy atom. The van der Waals surface area contributed by atoms with Crippen LogP contribution in [0.5, 0.6) is 0 Å². The van der Waals surface area contributed by atoms with Crippen LogP contribution >= 0.6 is 0 Å². The lowest BCUT2D eigenvalue weighted by Crippen LogP contribution is -2.45. The first-order valence-corrected chi connectivity index (χ1v) is 10.0. The van der Waals surface area contributed by atoms with Crippen molar-refractivity contribution in [2.45, 2.75) is 57.3 Å². The first kappa shape index (κ1) is 21.4. The van der Waals surface area contributed by atoms with Crippen LogP contribution in [0.2, 0.25) is 0 Å². The van der Waals surface area contributed by atoms with E-state index in [1.54, 1.807) is 11.9 Å². The maximum Gasteiger partial charge on any atom is 0.409 e. The second-order valence-corrected chi connectivity index (χ2v) is 7.80. The van der Waals surface area contributed by atoms with Crippen LogP contribution < -0.4 is 16.2 Å². The lowest BCUT2D eigenvalue weighted by molar-refractivity contribution is -0.121. The minimum absolute atomic E-state index is 0.0835. The van der Waals surface area contributed by atoms with E-state index in [0.717, 1.165) is 37.5 Å². The summed E-state index contributed by atoms with van der Waals surface area (Å²) in [7, 11) is 1.71. The van der Waals surface area contributed by atoms with Gasteiger partial charge in [0.15, 0.2) is 0 Å². The van der Waals surface area contributed by atoms with Crippen LogP contribution in [0.3, 0.4) is 0 Å². The molecule has 1 aromatic carbocycles. The average molecular weight is 410 g/mol. The number of ether oxygens (including phenoxy) is 1. The van der Waals surface area contributed by atoms with E-state index in [1.165, 1.54) is 0 Å². The van der Waals surface area contributed by atoms with Gasteiger partial charge in [0.25, 0.3) is 0 Å². The molecule has 1 aromatic rings. The Labute approximate surface area is 169 Å². The number of hydrogen-bond acceptors (Lipinski definition) is 5. The molecule has 160 valence electrons. The molecule has 2 aliphatic rings. The van der Waals surface area contributed by atoms with Gasteiger partial charge in [-0.3, -0.25) is 10.2 Å². The number of rotatable bonds is 6. The summed E-state index contributed by atoms with van der Waals surface area (Å²) in [6, 6.07) is 3.24. The van der Waals surface area contributed by atoms with Crippen molar-refractivity contribution >= 4 is 12.0 Å². The highest BCUT2D eigenvalue weighted by molar-refractivity contribution is 5.78. The standard InChI is InChI=1S/C20H28F2N4O3/c1-3-26(2)20(28)29-16-5-4-13(9-16)17-11-18(25-24-17)23-19(27)8-12-6-14(21)10-15(22)7-12/h6-7,10,13,16-18,24-25H,3-5,8-9,11H2,1-2H3,(H,23,27)/t13-,16+,17?,18?/m0/s1. The average Bonchev–Trinajstić information content (AvgIpc) is 3.29. The quantitative estimate of drug-likeness (QED) is 0.669. The smallest absolute Gasteiger partial charge is 0.409 e. The Bertz CT molecular complexity index is 728. The normalized spacial score (nSPS) is 26.3. The summed E-state index contributed by atoms with van der Waals surface area (Å²) in [5, 5.41) is 2.84. The third kappa shape index (κ3) is 5.86. The number of hydrazine groups is 1. The Morgan fingerprint density at radius 1 is 1.17 bits per heavy atom. The molecule has 0 spiro atoms. The van der Waals surface area contributed by atoms with Gasteiger partial charge in [0.1, 0.15) is 17.7 Å². The summed E-state index contributed by atoms with van der Waals surface area (Å²) >= 11 is 0. The van der Waals surface area contributed by atoms with Crippen molar-refractivity contribution in [1.29, 1.82) is 0 Å². The van der Waals surface area contributed by atoms with Crippen molar-refractivity contribution in [3.63, 3.8) is 0 Å². The molecule has 3 N–H and O–H groups in total. The molecule has 2 amide bonds. The SMILES string of the molecule is CCN(C)C(=O)O[C@@H]1CC[C@H](C2CC(NC(=O)Cc3cc(F)cc(F)c3)NN2)C1. The van der Waals surface area contributed by atoms with E-state index < -0.39 is 11.6 Å². The predicted molar refractivity (Wildman–Crippen MR) is 103 cm³/mol. The molecular weight excluding hydrogens is 382 g/mol. The Kier molecular flexibility index (Phi) is 7.02. The van der Waals surface area contributed by atoms with E-state index >= 15 is 0 Å². The zero-order valence-corrected chi connectivity index (χ0v) is 16.7. The molecule has 9 heteroatoms. The van der Waals surface area contributed by atoms with E-state index in [-0.39, 0.29) is 36.7 Å². The molecule has 4 atom stereocenters. The summed E-state index contributed by atoms with van der Waals surface area (Å²) in [4.78, 5) is 25.6. The van der Waals surface area contributed by atoms with Gasteiger partial charge in [-0.05, 0) is 56.2 Å². The zero-order valence-electron chi connectivity index (χ0n) is 16.7. The first-order chi connectivity index (χ1) is 13.8. The van der Waals surface area contributed by atoms with E-state index in [0.29, 0.717) is 24.4 Å². The zero-order chi connectivity index (χ0) is 21.0. The van der Waals surface area contributed by atoms with Gasteiger partial charge in [0.2, 0.25) is 5.91 Å². The molecule has 1 saturated heterocycles. The van der Waals surface area contributed by atoms with Crippen molar-refractivity contribution in [3.05, 3.63) is 35.4 Å². The van der Waals surface area contributed by atoms with Gasteiger partial charge in [0.05, 0.1) is 12.6 Å². The number of benzene rings is 1. The fourth-order valence-electron chi connectivity index (χ4n) is 3.94. The third-order valence-corrected chi connectivity index (χ3v) is 5.60. The number of hydrogen-bond donors (Lipinski definition) is 3. The van der Waals surface area contributed by atoms with E-state index in [4.69, 9.17) is 4.74 Å². The summed E-state index contributed by atoms with van der Waals surface area (Å²) in [5.41, 5.74) is 6.56. The molecule has 1 aliphatic heterocycles. The maximum absolute atomic E-state index is 13.3. The number of carbonyl (C=O) groups excluding carboxylic acids is 2. The molecule has 29 heavy (non-hydrogen) atoms. The van der Waals surface area contributed by atoms with Crippen molar-refractivity contribution in [1.82, 2.24) is 21.1 Å². The minimum atomic E-state index is -0.699. The number of amides is 2. The second-order valence-electron chi connectivity index (χ2n) is 7.80. The Morgan fingerprint density at radius 3 is 2.59 bits per heavy atom. The monoisotopic (exact) mass is 410 g/mol. The topological polar surface area (TPSA) is 82.7 Å². The molecule has 0 bridgehead atoms. The maximum atomic E-state index is 13.3. The summed E-state index contributed by atoms with van der Waals surface area (Å²) < 4.78 is 32.0. The van der Waals surface area contributed by atoms with Crippen molar-refractivity contribution in [3.8, 4) is 0 Å². The molecule has 1 heterocycles. The number of nitrogens with one attached hydrogen (secondary N) is 3. The fourth-order valence-corrected chi connectivity index (χ4v) is 3.94. The molecule has 2 unspecified atom stereocenters. The van der Waals surface area contributed by atoms with Crippen LogP contribution in [0.25, 0.3) is 0 Å². The molecule has 7 nitrogen and oxygen atoms in total. The largest absolute Gasteiger partial charge is 0.446 e. The number of carbonyl (C=O) groups is 2. The lowest BCUT2D eigenvalue weighted by Gasteiger charge is -2.20. The lowest BCUT2D eigenvalue weighted by atomic mass is 9.96. The summed E-state index contributed by atoms with van der Waals surface area (Å²) in [6.07, 6.45) is 2.50. The van der Waals surface area contributed by atoms with Crippen LogP contribution in [-0.4, -0.2) is 48.8 Å². The fraction of sp³-hybridized carbons (Fsp3) is 0.600. The van der Waals surface area contributed by atoms with Gasteiger partial charge in [-0.15, -0.1) is 0 Å². The van der Waals surface area contributed by atoms with E-state index in [2.05, 4.69) is 16.2 Å². The number of nitrogens with zero attached hydrogens (tertiary/aromatic N) is 1. The van der Waals surface area contributed by atoms with E-state index in [9.17, 15) is 18.4 Å². The minimum Gasteiger partial charge on any atom is -0.446 e. The molecular formula is C20H28F2N4O3. The van der Waals surface area contributed by atoms with Gasteiger partial charge in [-0.1, -0.05) is 0 Å². The third-order valence-electron chi connectivity index (χ3n) is 5.60. The summed E-state index contributed by atoms with van der Waals surface area (Å²) in [6.45, 7) is 2.50. The summed E-state index contributed by atoms with van der Waals surface area (Å²) in [5.74, 6) is -1.37. The van der Waals surface area contributed by atoms with Crippen LogP contribution in [0, 0.1) is 17.6 Å². The number of halogens is 2. The highest BCUT2D eigenvalue weighted by Crippen LogP contribution is 2.33. The molecule has 0 radical (unpaired) electrons. The molecule has 0 aromatic heterocycles. The van der Waals surface area contributed by atoms with Gasteiger partial charge in [-0.2, -0.15) is 0 Å². The van der Waals surface area contributed by atoms with Crippen LogP contribution in [0.1, 0.15) is 38.2 Å². The van der Waals surface area contributed by atoms with Crippen molar-refractivity contribution in [2.24, 2.45) is 5.92 Å². The van der Waals surface area contributed by atoms with Crippen LogP contribution in [-0.2, 0) is 16.0 Å². The highest BCUT2D eigenvalue weighted by Gasteiger charge is 2.37. The molecule has 1 aliphatic carbocycles. The highest BCUT2D eigenvalue weighted by atomic mass is 19.1.